The van der Waals surface area contributed by atoms with Crippen LogP contribution in [0.15, 0.2) is 57.9 Å². The van der Waals surface area contributed by atoms with Gasteiger partial charge >= 0.3 is 0 Å². The monoisotopic (exact) mass is 451 g/mol. The molecule has 7 nitrogen and oxygen atoms in total. The fourth-order valence-corrected chi connectivity index (χ4v) is 5.50. The zero-order valence-electron chi connectivity index (χ0n) is 18.3. The van der Waals surface area contributed by atoms with Crippen LogP contribution < -0.4 is 15.4 Å². The van der Waals surface area contributed by atoms with Crippen molar-refractivity contribution >= 4 is 29.4 Å². The van der Waals surface area contributed by atoms with Gasteiger partial charge in [0.05, 0.1) is 24.1 Å². The van der Waals surface area contributed by atoms with E-state index in [4.69, 9.17) is 16.3 Å². The van der Waals surface area contributed by atoms with Crippen molar-refractivity contribution in [2.24, 2.45) is 15.4 Å². The molecule has 2 aromatic rings. The first-order chi connectivity index (χ1) is 15.3. The van der Waals surface area contributed by atoms with Gasteiger partial charge in [-0.1, -0.05) is 24.3 Å². The van der Waals surface area contributed by atoms with Crippen LogP contribution in [0.4, 0.5) is 5.69 Å². The Bertz CT molecular complexity index is 1100. The van der Waals surface area contributed by atoms with E-state index >= 15 is 0 Å². The lowest BCUT2D eigenvalue weighted by molar-refractivity contribution is -0.122. The fraction of sp³-hybridized carbons (Fsp3) is 0.417. The largest absolute Gasteiger partial charge is 0.497 e. The Kier molecular flexibility index (Phi) is 5.06. The predicted molar refractivity (Wildman–Crippen MR) is 125 cm³/mol. The Morgan fingerprint density at radius 3 is 2.59 bits per heavy atom. The molecule has 3 aliphatic heterocycles. The Labute approximate surface area is 192 Å². The van der Waals surface area contributed by atoms with Crippen molar-refractivity contribution in [1.29, 1.82) is 0 Å². The van der Waals surface area contributed by atoms with E-state index in [2.05, 4.69) is 39.1 Å². The summed E-state index contributed by atoms with van der Waals surface area (Å²) in [6.07, 6.45) is 3.11. The van der Waals surface area contributed by atoms with Crippen LogP contribution in [0.5, 0.6) is 5.75 Å². The van der Waals surface area contributed by atoms with Gasteiger partial charge in [0.2, 0.25) is 5.91 Å². The van der Waals surface area contributed by atoms with E-state index in [0.717, 1.165) is 34.5 Å². The van der Waals surface area contributed by atoms with E-state index in [1.54, 1.807) is 13.3 Å². The van der Waals surface area contributed by atoms with Gasteiger partial charge in [0.15, 0.2) is 0 Å². The van der Waals surface area contributed by atoms with Crippen molar-refractivity contribution in [2.75, 3.05) is 12.4 Å². The van der Waals surface area contributed by atoms with Gasteiger partial charge < -0.3 is 15.4 Å². The highest BCUT2D eigenvalue weighted by atomic mass is 35.5. The number of nitrogens with one attached hydrogen (secondary N) is 2. The number of benzene rings is 2. The van der Waals surface area contributed by atoms with Gasteiger partial charge in [0.25, 0.3) is 0 Å². The number of hydrogen-bond acceptors (Lipinski definition) is 6. The molecule has 5 atom stereocenters. The third-order valence-electron chi connectivity index (χ3n) is 6.97. The number of halogens is 1. The van der Waals surface area contributed by atoms with E-state index in [1.165, 1.54) is 0 Å². The summed E-state index contributed by atoms with van der Waals surface area (Å²) in [4.78, 5) is 13.4. The minimum Gasteiger partial charge on any atom is -0.497 e. The van der Waals surface area contributed by atoms with E-state index in [-0.39, 0.29) is 23.4 Å². The van der Waals surface area contributed by atoms with Crippen molar-refractivity contribution in [1.82, 2.24) is 5.32 Å². The molecule has 8 heteroatoms. The van der Waals surface area contributed by atoms with Crippen LogP contribution in [0.2, 0.25) is 0 Å². The number of hydrogen-bond donors (Lipinski definition) is 2. The Hall–Kier alpha value is -2.77. The summed E-state index contributed by atoms with van der Waals surface area (Å²) in [6.45, 7) is 4.11. The zero-order chi connectivity index (χ0) is 22.5. The molecule has 0 aliphatic carbocycles. The number of ether oxygens (including phenoxy) is 1. The topological polar surface area (TPSA) is 87.4 Å². The lowest BCUT2D eigenvalue weighted by Crippen LogP contribution is -2.60. The fourth-order valence-electron chi connectivity index (χ4n) is 5.22. The van der Waals surface area contributed by atoms with Crippen LogP contribution in [0, 0.1) is 0 Å². The highest BCUT2D eigenvalue weighted by Crippen LogP contribution is 2.49. The number of anilines is 1. The summed E-state index contributed by atoms with van der Waals surface area (Å²) < 4.78 is 5.24. The molecule has 0 bridgehead atoms. The van der Waals surface area contributed by atoms with Crippen molar-refractivity contribution < 1.29 is 9.53 Å². The van der Waals surface area contributed by atoms with Gasteiger partial charge in [-0.25, -0.2) is 0 Å². The summed E-state index contributed by atoms with van der Waals surface area (Å²) >= 11 is 6.79. The number of carbonyl (C=O) groups is 1. The van der Waals surface area contributed by atoms with Crippen LogP contribution in [-0.2, 0) is 10.2 Å². The maximum Gasteiger partial charge on any atom is 0.235 e. The van der Waals surface area contributed by atoms with E-state index in [0.29, 0.717) is 6.42 Å². The third-order valence-corrected chi connectivity index (χ3v) is 7.48. The average molecular weight is 452 g/mol. The van der Waals surface area contributed by atoms with Gasteiger partial charge in [-0.15, -0.1) is 16.7 Å². The highest BCUT2D eigenvalue weighted by molar-refractivity contribution is 6.22. The number of nitrogens with zero attached hydrogens (tertiary/aromatic N) is 3. The molecule has 166 valence electrons. The minimum absolute atomic E-state index is 0.0362. The molecule has 2 N–H and O–H groups in total. The first-order valence-electron chi connectivity index (χ1n) is 10.8. The molecule has 0 saturated carbocycles. The molecule has 0 radical (unpaired) electrons. The first kappa shape index (κ1) is 21.1. The molecule has 5 rings (SSSR count). The minimum atomic E-state index is -0.611. The molecular formula is C24H26ClN5O2. The standard InChI is InChI=1S/C24H26ClN5O2/c1-14-11-24(12-20(27-14)23(2)13-26-30-29-23)18-9-6-16(10-19(18)28-22(24)31)21(25)15-4-7-17(32-3)8-5-15/h4-10,13-14,20-21,27H,11-12H2,1-3H3,(H,28,31)/t14-,20-,21?,23?,24-/m0/s1. The van der Waals surface area contributed by atoms with Gasteiger partial charge in [0, 0.05) is 17.8 Å². The number of fused-ring (bicyclic) bond motifs is 2. The van der Waals surface area contributed by atoms with E-state index < -0.39 is 11.0 Å². The Balaban J connectivity index is 1.47. The molecule has 1 saturated heterocycles. The molecule has 0 aromatic heterocycles. The number of amides is 1. The average Bonchev–Trinajstić information content (AvgIpc) is 3.35. The summed E-state index contributed by atoms with van der Waals surface area (Å²) in [7, 11) is 1.64. The second-order valence-electron chi connectivity index (χ2n) is 9.17. The summed E-state index contributed by atoms with van der Waals surface area (Å²) in [5.41, 5.74) is 2.61. The molecule has 1 fully saturated rings. The number of carbonyl (C=O) groups excluding carboxylic acids is 1. The molecule has 2 unspecified atom stereocenters. The molecule has 32 heavy (non-hydrogen) atoms. The molecule has 1 amide bonds. The smallest absolute Gasteiger partial charge is 0.235 e. The van der Waals surface area contributed by atoms with Gasteiger partial charge in [-0.3, -0.25) is 4.79 Å². The van der Waals surface area contributed by atoms with Crippen molar-refractivity contribution in [3.63, 3.8) is 0 Å². The van der Waals surface area contributed by atoms with Gasteiger partial charge in [-0.05, 0) is 66.8 Å². The molecule has 2 aromatic carbocycles. The highest BCUT2D eigenvalue weighted by Gasteiger charge is 2.54. The molecule has 1 spiro atoms. The van der Waals surface area contributed by atoms with Gasteiger partial charge in [-0.2, -0.15) is 5.11 Å². The SMILES string of the molecule is COc1ccc(C(Cl)c2ccc3c(c2)NC(=O)[C@@]32C[C@@H](C3(C)C=NN=N3)N[C@@H](C)C2)cc1. The van der Waals surface area contributed by atoms with E-state index in [1.807, 2.05) is 43.3 Å². The maximum atomic E-state index is 13.4. The summed E-state index contributed by atoms with van der Waals surface area (Å²) in [6, 6.07) is 13.9. The van der Waals surface area contributed by atoms with Crippen molar-refractivity contribution in [3.05, 3.63) is 59.2 Å². The number of piperidine rings is 1. The quantitative estimate of drug-likeness (QED) is 0.668. The van der Waals surface area contributed by atoms with Crippen LogP contribution in [0.25, 0.3) is 0 Å². The normalized spacial score (nSPS) is 31.6. The van der Waals surface area contributed by atoms with Crippen LogP contribution >= 0.6 is 11.6 Å². The van der Waals surface area contributed by atoms with Crippen LogP contribution in [-0.4, -0.2) is 36.9 Å². The zero-order valence-corrected chi connectivity index (χ0v) is 19.1. The van der Waals surface area contributed by atoms with Gasteiger partial charge in [0.1, 0.15) is 11.3 Å². The lowest BCUT2D eigenvalue weighted by Gasteiger charge is -2.44. The first-order valence-corrected chi connectivity index (χ1v) is 11.2. The number of methoxy groups -OCH3 is 1. The number of alkyl halides is 1. The Morgan fingerprint density at radius 1 is 1.16 bits per heavy atom. The third kappa shape index (κ3) is 3.31. The number of rotatable bonds is 4. The lowest BCUT2D eigenvalue weighted by atomic mass is 9.66. The predicted octanol–water partition coefficient (Wildman–Crippen LogP) is 4.56. The van der Waals surface area contributed by atoms with Crippen LogP contribution in [0.1, 0.15) is 48.8 Å². The second kappa shape index (κ2) is 7.67. The summed E-state index contributed by atoms with van der Waals surface area (Å²) in [5.74, 6) is 0.824. The molecule has 3 aliphatic rings. The summed E-state index contributed by atoms with van der Waals surface area (Å²) in [5, 5.41) is 18.5. The Morgan fingerprint density at radius 2 is 1.91 bits per heavy atom. The molecule has 3 heterocycles. The maximum absolute atomic E-state index is 13.4. The van der Waals surface area contributed by atoms with Crippen molar-refractivity contribution in [3.8, 4) is 5.75 Å². The van der Waals surface area contributed by atoms with E-state index in [9.17, 15) is 4.79 Å². The second-order valence-corrected chi connectivity index (χ2v) is 9.60. The molecular weight excluding hydrogens is 426 g/mol. The van der Waals surface area contributed by atoms with Crippen molar-refractivity contribution in [2.45, 2.75) is 55.1 Å². The van der Waals surface area contributed by atoms with Crippen LogP contribution in [0.3, 0.4) is 0 Å².